The third-order valence-corrected chi connectivity index (χ3v) is 17.2. The summed E-state index contributed by atoms with van der Waals surface area (Å²) in [5.74, 6) is 0.855. The molecule has 5 fully saturated rings. The summed E-state index contributed by atoms with van der Waals surface area (Å²) in [6.45, 7) is 5.52. The molecule has 3 aromatic rings. The molecule has 2 saturated carbocycles. The van der Waals surface area contributed by atoms with Crippen LogP contribution in [-0.2, 0) is 26.3 Å². The molecule has 0 radical (unpaired) electrons. The van der Waals surface area contributed by atoms with E-state index < -0.39 is 21.5 Å². The van der Waals surface area contributed by atoms with Crippen molar-refractivity contribution >= 4 is 32.9 Å². The van der Waals surface area contributed by atoms with E-state index in [9.17, 15) is 13.2 Å². The molecule has 0 spiro atoms. The molecule has 4 unspecified atom stereocenters. The van der Waals surface area contributed by atoms with E-state index in [0.717, 1.165) is 66.6 Å². The molecule has 3 saturated heterocycles. The molecule has 2 aromatic carbocycles. The molecule has 5 heterocycles. The van der Waals surface area contributed by atoms with Gasteiger partial charge in [-0.05, 0) is 13.8 Å². The van der Waals surface area contributed by atoms with E-state index in [1.165, 1.54) is 34.7 Å². The first kappa shape index (κ1) is 35.0. The number of carbonyl (C=O) groups excluding carboxylic acids is 2. The zero-order valence-corrected chi connectivity index (χ0v) is 33.4. The minimum absolute atomic E-state index is 0.0754. The Morgan fingerprint density at radius 3 is 2.48 bits per heavy atom. The van der Waals surface area contributed by atoms with Gasteiger partial charge in [-0.2, -0.15) is 12.7 Å². The summed E-state index contributed by atoms with van der Waals surface area (Å²) in [4.78, 5) is 31.3. The maximum absolute atomic E-state index is 15.1. The molecule has 6 atom stereocenters. The van der Waals surface area contributed by atoms with Gasteiger partial charge in [0.1, 0.15) is 0 Å². The molecular weight excluding hydrogens is 793 g/mol. The van der Waals surface area contributed by atoms with Crippen molar-refractivity contribution in [3.63, 3.8) is 0 Å². The summed E-state index contributed by atoms with van der Waals surface area (Å²) >= 11 is -0.255. The number of methoxy groups -OCH3 is 1. The van der Waals surface area contributed by atoms with Crippen LogP contribution >= 0.6 is 0 Å². The summed E-state index contributed by atoms with van der Waals surface area (Å²) in [6.07, 6.45) is 8.16. The van der Waals surface area contributed by atoms with E-state index in [1.807, 2.05) is 32.0 Å². The standard InChI is InChI=1S/C39H49IN5O6S/c1-23-19-43(20-24(2)51-23)52(48,49)41-37(46)26-10-13-30-33(16-26)44-22-39(38(47)45-27-11-15-34(45)40-42(3)21-27)18-32(39)31-17-28(50-4)12-14-29(31)36(44)35(30)25-8-6-5-7-9-25/h10,12-14,16-17,23-25,27,32,34H,5-9,11,15,18-22H2,1-4H3,(H,41,46)/q-1/t23-,24+,27?,32?,34?,39?. The van der Waals surface area contributed by atoms with Gasteiger partial charge in [0.15, 0.2) is 0 Å². The third-order valence-electron chi connectivity index (χ3n) is 12.6. The molecule has 52 heavy (non-hydrogen) atoms. The van der Waals surface area contributed by atoms with Crippen molar-refractivity contribution in [3.05, 3.63) is 53.1 Å². The van der Waals surface area contributed by atoms with E-state index in [-0.39, 0.29) is 70.2 Å². The Balaban J connectivity index is 1.17. The molecule has 11 nitrogen and oxygen atoms in total. The summed E-state index contributed by atoms with van der Waals surface area (Å²) in [5, 5.41) is 1.09. The van der Waals surface area contributed by atoms with Gasteiger partial charge in [0.25, 0.3) is 0 Å². The molecule has 4 aliphatic heterocycles. The number of nitrogens with one attached hydrogen (secondary N) is 1. The molecular formula is C39H49IN5O6S-. The number of amides is 2. The topological polar surface area (TPSA) is 113 Å². The quantitative estimate of drug-likeness (QED) is 0.176. The molecule has 9 rings (SSSR count). The summed E-state index contributed by atoms with van der Waals surface area (Å²) < 4.78 is 47.3. The fourth-order valence-corrected chi connectivity index (χ4v) is 14.9. The van der Waals surface area contributed by atoms with Gasteiger partial charge in [-0.3, -0.25) is 0 Å². The number of hydrogen-bond donors (Lipinski definition) is 1. The first-order valence-electron chi connectivity index (χ1n) is 19.0. The van der Waals surface area contributed by atoms with Crippen LogP contribution < -0.4 is 30.9 Å². The summed E-state index contributed by atoms with van der Waals surface area (Å²) in [7, 11) is -0.183. The van der Waals surface area contributed by atoms with Crippen molar-refractivity contribution in [3.8, 4) is 17.0 Å². The normalized spacial score (nSPS) is 30.8. The third kappa shape index (κ3) is 5.70. The van der Waals surface area contributed by atoms with Crippen LogP contribution in [0, 0.1) is 5.41 Å². The number of hydrogen-bond acceptors (Lipinski definition) is 7. The van der Waals surface area contributed by atoms with E-state index in [1.54, 1.807) is 13.2 Å². The Labute approximate surface area is 317 Å². The number of morpholine rings is 1. The van der Waals surface area contributed by atoms with Crippen molar-refractivity contribution in [2.24, 2.45) is 5.41 Å². The summed E-state index contributed by atoms with van der Waals surface area (Å²) in [6, 6.07) is 12.3. The van der Waals surface area contributed by atoms with Crippen molar-refractivity contribution < 1.29 is 49.0 Å². The number of fused-ring (bicyclic) bond motifs is 9. The average molecular weight is 843 g/mol. The number of alkyl halides is 1. The number of rotatable bonds is 6. The number of likely N-dealkylation sites (N-methyl/N-ethyl adjacent to an activating group) is 1. The van der Waals surface area contributed by atoms with E-state index in [4.69, 9.17) is 9.47 Å². The van der Waals surface area contributed by atoms with Gasteiger partial charge < -0.3 is 4.74 Å². The van der Waals surface area contributed by atoms with Crippen molar-refractivity contribution in [1.82, 2.24) is 21.6 Å². The van der Waals surface area contributed by atoms with E-state index in [2.05, 4.69) is 36.5 Å². The van der Waals surface area contributed by atoms with Crippen LogP contribution in [0.5, 0.6) is 5.75 Å². The van der Waals surface area contributed by atoms with Gasteiger partial charge in [-0.25, -0.2) is 0 Å². The number of carbonyl (C=O) groups is 2. The predicted molar refractivity (Wildman–Crippen MR) is 194 cm³/mol. The second-order valence-corrected chi connectivity index (χ2v) is 21.4. The van der Waals surface area contributed by atoms with Crippen LogP contribution in [0.25, 0.3) is 22.2 Å². The van der Waals surface area contributed by atoms with Crippen molar-refractivity contribution in [2.75, 3.05) is 33.8 Å². The molecule has 13 heteroatoms. The molecule has 1 aromatic heterocycles. The second-order valence-electron chi connectivity index (χ2n) is 16.1. The average Bonchev–Trinajstić information content (AvgIpc) is 3.71. The first-order chi connectivity index (χ1) is 25.0. The molecule has 2 amide bonds. The van der Waals surface area contributed by atoms with Gasteiger partial charge in [0, 0.05) is 13.1 Å². The Morgan fingerprint density at radius 2 is 1.75 bits per heavy atom. The number of benzene rings is 2. The van der Waals surface area contributed by atoms with Crippen LogP contribution in [0.2, 0.25) is 0 Å². The first-order valence-corrected chi connectivity index (χ1v) is 22.6. The Morgan fingerprint density at radius 1 is 0.981 bits per heavy atom. The monoisotopic (exact) mass is 842 g/mol. The zero-order valence-electron chi connectivity index (χ0n) is 30.4. The number of halogens is 1. The zero-order chi connectivity index (χ0) is 36.1. The van der Waals surface area contributed by atoms with E-state index >= 15 is 4.79 Å². The molecule has 6 aliphatic rings. The van der Waals surface area contributed by atoms with Crippen LogP contribution in [0.15, 0.2) is 36.4 Å². The maximum atomic E-state index is 15.1. The van der Waals surface area contributed by atoms with Crippen molar-refractivity contribution in [2.45, 2.75) is 106 Å². The molecule has 1 N–H and O–H groups in total. The molecule has 2 aliphatic carbocycles. The predicted octanol–water partition coefficient (Wildman–Crippen LogP) is 2.20. The molecule has 280 valence electrons. The number of nitrogens with zero attached hydrogens (tertiary/aromatic N) is 4. The van der Waals surface area contributed by atoms with Crippen LogP contribution in [0.3, 0.4) is 0 Å². The number of aromatic nitrogens is 1. The summed E-state index contributed by atoms with van der Waals surface area (Å²) in [5.41, 5.74) is 5.36. The van der Waals surface area contributed by atoms with Gasteiger partial charge in [0.2, 0.25) is 0 Å². The Hall–Kier alpha value is -2.72. The van der Waals surface area contributed by atoms with Gasteiger partial charge >= 0.3 is 262 Å². The molecule has 2 bridgehead atoms. The number of ether oxygens (including phenoxy) is 2. The second kappa shape index (κ2) is 13.0. The fraction of sp³-hybridized carbons (Fsp3) is 0.590. The van der Waals surface area contributed by atoms with Gasteiger partial charge in [0.05, 0.1) is 12.2 Å². The van der Waals surface area contributed by atoms with Crippen LogP contribution in [0.1, 0.15) is 98.5 Å². The van der Waals surface area contributed by atoms with Crippen LogP contribution in [0.4, 0.5) is 0 Å². The Kier molecular flexibility index (Phi) is 8.72. The Bertz CT molecular complexity index is 2040. The van der Waals surface area contributed by atoms with E-state index in [0.29, 0.717) is 16.5 Å². The minimum atomic E-state index is -4.09. The fourth-order valence-electron chi connectivity index (χ4n) is 10.2. The SMILES string of the molecule is COc1ccc2c(c1)C1CC1(C(=O)N1C3CCC1[I-]N(C)C3)Cn1c-2c(C2CCCCC2)c2ccc(C(=O)NS(=O)(=O)N3C[C@@H](C)O[C@@H](C)C3)cc21. The van der Waals surface area contributed by atoms with Crippen LogP contribution in [-0.4, -0.2) is 93.2 Å². The van der Waals surface area contributed by atoms with Crippen molar-refractivity contribution in [1.29, 1.82) is 0 Å². The van der Waals surface area contributed by atoms with Gasteiger partial charge in [-0.15, -0.1) is 0 Å². The van der Waals surface area contributed by atoms with Gasteiger partial charge in [-0.1, -0.05) is 0 Å².